The van der Waals surface area contributed by atoms with Crippen LogP contribution in [0.2, 0.25) is 0 Å². The van der Waals surface area contributed by atoms with E-state index in [0.717, 1.165) is 38.2 Å². The highest BCUT2D eigenvalue weighted by atomic mass is 16.6. The molecule has 0 unspecified atom stereocenters. The normalized spacial score (nSPS) is 20.7. The molecule has 1 aromatic carbocycles. The molecule has 2 aliphatic rings. The number of rotatable bonds is 5. The van der Waals surface area contributed by atoms with Crippen LogP contribution in [0, 0.1) is 16.0 Å². The number of aromatic hydroxyl groups is 2. The Hall–Kier alpha value is -1.86. The van der Waals surface area contributed by atoms with Crippen molar-refractivity contribution in [1.29, 1.82) is 0 Å². The molecule has 1 saturated carbocycles. The van der Waals surface area contributed by atoms with Crippen molar-refractivity contribution in [3.8, 4) is 11.5 Å². The number of nitro benzene ring substituents is 1. The largest absolute Gasteiger partial charge is 0.504 e. The van der Waals surface area contributed by atoms with Crippen LogP contribution in [0.5, 0.6) is 11.5 Å². The first-order chi connectivity index (χ1) is 10.6. The minimum atomic E-state index is -0.653. The van der Waals surface area contributed by atoms with Crippen molar-refractivity contribution in [2.45, 2.75) is 25.3 Å². The summed E-state index contributed by atoms with van der Waals surface area (Å²) in [7, 11) is 0. The second kappa shape index (κ2) is 6.10. The maximum atomic E-state index is 11.1. The van der Waals surface area contributed by atoms with E-state index in [-0.39, 0.29) is 6.04 Å². The Bertz CT molecular complexity index is 568. The van der Waals surface area contributed by atoms with Crippen LogP contribution >= 0.6 is 0 Å². The van der Waals surface area contributed by atoms with Crippen LogP contribution in [-0.2, 0) is 0 Å². The van der Waals surface area contributed by atoms with Gasteiger partial charge in [-0.15, -0.1) is 0 Å². The van der Waals surface area contributed by atoms with Gasteiger partial charge in [-0.25, -0.2) is 0 Å². The van der Waals surface area contributed by atoms with Gasteiger partial charge in [-0.2, -0.15) is 0 Å². The summed E-state index contributed by atoms with van der Waals surface area (Å²) in [5.41, 5.74) is 0.293. The summed E-state index contributed by atoms with van der Waals surface area (Å²) in [6.07, 6.45) is 3.35. The average molecular weight is 307 g/mol. The minimum Gasteiger partial charge on any atom is -0.504 e. The van der Waals surface area contributed by atoms with Crippen molar-refractivity contribution in [2.75, 3.05) is 26.2 Å². The standard InChI is InChI=1S/C15H21N3O4/c19-14-9-11(8-13(15(14)20)18(21)22)12(7-10-1-2-10)17-5-3-16-4-6-17/h8-10,12,16,19-20H,1-7H2/t12-/m1/s1. The van der Waals surface area contributed by atoms with Crippen molar-refractivity contribution < 1.29 is 15.1 Å². The summed E-state index contributed by atoms with van der Waals surface area (Å²) in [6, 6.07) is 2.93. The molecule has 2 fully saturated rings. The van der Waals surface area contributed by atoms with Gasteiger partial charge >= 0.3 is 5.69 Å². The number of phenols is 2. The van der Waals surface area contributed by atoms with E-state index in [4.69, 9.17) is 0 Å². The Morgan fingerprint density at radius 3 is 2.59 bits per heavy atom. The molecule has 7 nitrogen and oxygen atoms in total. The predicted molar refractivity (Wildman–Crippen MR) is 81.0 cm³/mol. The van der Waals surface area contributed by atoms with E-state index in [0.29, 0.717) is 5.92 Å². The number of benzene rings is 1. The number of piperazine rings is 1. The lowest BCUT2D eigenvalue weighted by atomic mass is 9.97. The van der Waals surface area contributed by atoms with E-state index in [1.165, 1.54) is 25.0 Å². The Kier molecular flexibility index (Phi) is 4.17. The second-order valence-corrected chi connectivity index (χ2v) is 6.15. The Labute approximate surface area is 128 Å². The zero-order chi connectivity index (χ0) is 15.7. The first kappa shape index (κ1) is 15.1. The Morgan fingerprint density at radius 1 is 1.32 bits per heavy atom. The van der Waals surface area contributed by atoms with Crippen LogP contribution in [0.1, 0.15) is 30.9 Å². The Balaban J connectivity index is 1.93. The summed E-state index contributed by atoms with van der Waals surface area (Å²) in [5, 5.41) is 33.9. The Morgan fingerprint density at radius 2 is 2.00 bits per heavy atom. The topological polar surface area (TPSA) is 98.9 Å². The molecule has 120 valence electrons. The molecule has 0 spiro atoms. The van der Waals surface area contributed by atoms with Crippen molar-refractivity contribution in [2.24, 2.45) is 5.92 Å². The number of phenolic OH excluding ortho intramolecular Hbond substituents is 2. The number of hydrogen-bond donors (Lipinski definition) is 3. The number of nitrogens with zero attached hydrogens (tertiary/aromatic N) is 2. The molecule has 1 aromatic rings. The molecule has 7 heteroatoms. The minimum absolute atomic E-state index is 0.0554. The van der Waals surface area contributed by atoms with Crippen LogP contribution in [0.4, 0.5) is 5.69 Å². The van der Waals surface area contributed by atoms with Gasteiger partial charge in [0.1, 0.15) is 0 Å². The maximum absolute atomic E-state index is 11.1. The smallest absolute Gasteiger partial charge is 0.314 e. The first-order valence-corrected chi connectivity index (χ1v) is 7.71. The monoisotopic (exact) mass is 307 g/mol. The highest BCUT2D eigenvalue weighted by molar-refractivity contribution is 5.57. The first-order valence-electron chi connectivity index (χ1n) is 7.71. The van der Waals surface area contributed by atoms with Gasteiger partial charge in [0.15, 0.2) is 5.75 Å². The average Bonchev–Trinajstić information content (AvgIpc) is 3.32. The summed E-state index contributed by atoms with van der Waals surface area (Å²) in [5.74, 6) is -0.408. The molecular weight excluding hydrogens is 286 g/mol. The van der Waals surface area contributed by atoms with Crippen molar-refractivity contribution in [1.82, 2.24) is 10.2 Å². The van der Waals surface area contributed by atoms with Crippen molar-refractivity contribution in [3.63, 3.8) is 0 Å². The lowest BCUT2D eigenvalue weighted by molar-refractivity contribution is -0.386. The highest BCUT2D eigenvalue weighted by Gasteiger charge is 2.32. The fourth-order valence-corrected chi connectivity index (χ4v) is 3.12. The van der Waals surface area contributed by atoms with Gasteiger partial charge in [-0.05, 0) is 24.0 Å². The molecule has 1 aliphatic carbocycles. The lowest BCUT2D eigenvalue weighted by Crippen LogP contribution is -2.45. The van der Waals surface area contributed by atoms with Gasteiger partial charge in [0.05, 0.1) is 4.92 Å². The van der Waals surface area contributed by atoms with E-state index in [9.17, 15) is 20.3 Å². The molecule has 1 heterocycles. The third-order valence-corrected chi connectivity index (χ3v) is 4.52. The molecule has 0 amide bonds. The summed E-state index contributed by atoms with van der Waals surface area (Å²) in [6.45, 7) is 3.56. The van der Waals surface area contributed by atoms with Gasteiger partial charge in [-0.3, -0.25) is 15.0 Å². The van der Waals surface area contributed by atoms with E-state index in [1.807, 2.05) is 0 Å². The van der Waals surface area contributed by atoms with Gasteiger partial charge in [0.25, 0.3) is 0 Å². The molecule has 22 heavy (non-hydrogen) atoms. The summed E-state index contributed by atoms with van der Waals surface area (Å²) < 4.78 is 0. The van der Waals surface area contributed by atoms with Gasteiger partial charge < -0.3 is 15.5 Å². The van der Waals surface area contributed by atoms with Crippen molar-refractivity contribution >= 4 is 5.69 Å². The molecule has 3 rings (SSSR count). The van der Waals surface area contributed by atoms with Crippen LogP contribution in [0.25, 0.3) is 0 Å². The van der Waals surface area contributed by atoms with E-state index >= 15 is 0 Å². The molecule has 0 aromatic heterocycles. The van der Waals surface area contributed by atoms with Crippen LogP contribution in [0.15, 0.2) is 12.1 Å². The molecule has 0 radical (unpaired) electrons. The van der Waals surface area contributed by atoms with E-state index < -0.39 is 22.1 Å². The SMILES string of the molecule is O=[N+]([O-])c1cc([C@@H](CC2CC2)N2CCNCC2)cc(O)c1O. The fraction of sp³-hybridized carbons (Fsp3) is 0.600. The molecule has 1 saturated heterocycles. The number of nitrogens with one attached hydrogen (secondary N) is 1. The lowest BCUT2D eigenvalue weighted by Gasteiger charge is -2.35. The van der Waals surface area contributed by atoms with Gasteiger partial charge in [-0.1, -0.05) is 12.8 Å². The third kappa shape index (κ3) is 3.15. The van der Waals surface area contributed by atoms with Gasteiger partial charge in [0, 0.05) is 38.3 Å². The number of nitro groups is 1. The third-order valence-electron chi connectivity index (χ3n) is 4.52. The van der Waals surface area contributed by atoms with Crippen LogP contribution < -0.4 is 5.32 Å². The summed E-state index contributed by atoms with van der Waals surface area (Å²) in [4.78, 5) is 12.7. The maximum Gasteiger partial charge on any atom is 0.314 e. The van der Waals surface area contributed by atoms with Crippen LogP contribution in [0.3, 0.4) is 0 Å². The zero-order valence-corrected chi connectivity index (χ0v) is 12.4. The fourth-order valence-electron chi connectivity index (χ4n) is 3.12. The quantitative estimate of drug-likeness (QED) is 0.435. The van der Waals surface area contributed by atoms with E-state index in [2.05, 4.69) is 10.2 Å². The molecule has 1 aliphatic heterocycles. The van der Waals surface area contributed by atoms with Crippen molar-refractivity contribution in [3.05, 3.63) is 27.8 Å². The summed E-state index contributed by atoms with van der Waals surface area (Å²) >= 11 is 0. The predicted octanol–water partition coefficient (Wildman–Crippen LogP) is 1.75. The zero-order valence-electron chi connectivity index (χ0n) is 12.4. The number of hydrogen-bond acceptors (Lipinski definition) is 6. The second-order valence-electron chi connectivity index (χ2n) is 6.15. The van der Waals surface area contributed by atoms with E-state index in [1.54, 1.807) is 0 Å². The molecule has 1 atom stereocenters. The molecule has 0 bridgehead atoms. The molecule has 3 N–H and O–H groups in total. The van der Waals surface area contributed by atoms with Crippen LogP contribution in [-0.4, -0.2) is 46.2 Å². The van der Waals surface area contributed by atoms with Gasteiger partial charge in [0.2, 0.25) is 5.75 Å². The highest BCUT2D eigenvalue weighted by Crippen LogP contribution is 2.44. The molecular formula is C15H21N3O4.